The van der Waals surface area contributed by atoms with Crippen molar-refractivity contribution in [2.75, 3.05) is 6.61 Å². The third kappa shape index (κ3) is 8.51. The highest BCUT2D eigenvalue weighted by Gasteiger charge is 2.18. The first-order valence-corrected chi connectivity index (χ1v) is 6.07. The lowest BCUT2D eigenvalue weighted by Gasteiger charge is -2.26. The van der Waals surface area contributed by atoms with Gasteiger partial charge in [0.2, 0.25) is 0 Å². The van der Waals surface area contributed by atoms with E-state index in [1.54, 1.807) is 0 Å². The molecule has 0 saturated carbocycles. The maximum atomic E-state index is 5.33. The monoisotopic (exact) mass is 202 g/mol. The predicted octanol–water partition coefficient (Wildman–Crippen LogP) is 2.53. The Kier molecular flexibility index (Phi) is 5.23. The minimum atomic E-state index is 0.382. The number of hydrogen-bond donors (Lipinski definition) is 0. The fourth-order valence-electron chi connectivity index (χ4n) is 1.56. The Morgan fingerprint density at radius 2 is 1.54 bits per heavy atom. The maximum Gasteiger partial charge on any atom is 0.145 e. The molecule has 0 aromatic heterocycles. The highest BCUT2D eigenvalue weighted by atomic mass is 28.2. The second-order valence-corrected chi connectivity index (χ2v) is 6.59. The molecular weight excluding hydrogens is 176 g/mol. The molecule has 0 aliphatic carbocycles. The molecule has 0 rings (SSSR count). The molecule has 0 fully saturated rings. The van der Waals surface area contributed by atoms with E-state index in [9.17, 15) is 0 Å². The lowest BCUT2D eigenvalue weighted by atomic mass is 9.83. The summed E-state index contributed by atoms with van der Waals surface area (Å²) in [5, 5.41) is 0. The first-order valence-electron chi connectivity index (χ1n) is 5.26. The quantitative estimate of drug-likeness (QED) is 0.623. The summed E-state index contributed by atoms with van der Waals surface area (Å²) in [6.07, 6.45) is 3.92. The molecule has 0 aromatic rings. The van der Waals surface area contributed by atoms with Crippen LogP contribution in [0.3, 0.4) is 0 Å². The van der Waals surface area contributed by atoms with E-state index < -0.39 is 0 Å². The van der Waals surface area contributed by atoms with Gasteiger partial charge in [0.05, 0.1) is 0 Å². The van der Waals surface area contributed by atoms with Gasteiger partial charge in [0.15, 0.2) is 0 Å². The summed E-state index contributed by atoms with van der Waals surface area (Å²) in [5.74, 6) is 0. The zero-order valence-electron chi connectivity index (χ0n) is 10.2. The molecule has 2 heteroatoms. The lowest BCUT2D eigenvalue weighted by Crippen LogP contribution is -2.19. The van der Waals surface area contributed by atoms with Gasteiger partial charge in [0.25, 0.3) is 0 Å². The Hall–Kier alpha value is 0.177. The molecule has 0 aliphatic heterocycles. The zero-order chi connectivity index (χ0) is 10.5. The molecule has 0 aromatic carbocycles. The predicted molar refractivity (Wildman–Crippen MR) is 63.0 cm³/mol. The molecule has 0 atom stereocenters. The highest BCUT2D eigenvalue weighted by Crippen LogP contribution is 2.28. The summed E-state index contributed by atoms with van der Waals surface area (Å²) in [6.45, 7) is 12.5. The second-order valence-electron chi connectivity index (χ2n) is 6.01. The van der Waals surface area contributed by atoms with Crippen LogP contribution in [0, 0.1) is 10.8 Å². The Bertz CT molecular complexity index is 136. The van der Waals surface area contributed by atoms with Gasteiger partial charge in [-0.1, -0.05) is 41.0 Å². The van der Waals surface area contributed by atoms with Crippen LogP contribution in [0.2, 0.25) is 0 Å². The minimum absolute atomic E-state index is 0.382. The largest absolute Gasteiger partial charge is 0.427 e. The normalized spacial score (nSPS) is 13.6. The molecule has 1 nitrogen and oxygen atoms in total. The standard InChI is InChI=1S/C11H26OSi/c1-10(2,3)7-6-8-11(4,5)9-12-13/h6-9H2,1-5,13H3. The summed E-state index contributed by atoms with van der Waals surface area (Å²) in [4.78, 5) is 0. The molecule has 80 valence electrons. The van der Waals surface area contributed by atoms with E-state index in [1.807, 2.05) is 0 Å². The van der Waals surface area contributed by atoms with Gasteiger partial charge >= 0.3 is 0 Å². The van der Waals surface area contributed by atoms with Gasteiger partial charge in [-0.25, -0.2) is 0 Å². The van der Waals surface area contributed by atoms with Gasteiger partial charge in [-0.05, 0) is 23.7 Å². The van der Waals surface area contributed by atoms with Crippen LogP contribution in [0.4, 0.5) is 0 Å². The molecule has 0 saturated heterocycles. The van der Waals surface area contributed by atoms with Crippen LogP contribution >= 0.6 is 0 Å². The van der Waals surface area contributed by atoms with Crippen LogP contribution in [0.15, 0.2) is 0 Å². The smallest absolute Gasteiger partial charge is 0.145 e. The average molecular weight is 202 g/mol. The molecule has 0 unspecified atom stereocenters. The van der Waals surface area contributed by atoms with Crippen molar-refractivity contribution in [2.45, 2.75) is 53.9 Å². The van der Waals surface area contributed by atoms with Gasteiger partial charge < -0.3 is 4.43 Å². The first-order chi connectivity index (χ1) is 5.77. The zero-order valence-corrected chi connectivity index (χ0v) is 12.2. The average Bonchev–Trinajstić information content (AvgIpc) is 1.82. The van der Waals surface area contributed by atoms with Crippen molar-refractivity contribution >= 4 is 10.5 Å². The van der Waals surface area contributed by atoms with Crippen LogP contribution in [-0.2, 0) is 4.43 Å². The Morgan fingerprint density at radius 3 is 1.92 bits per heavy atom. The van der Waals surface area contributed by atoms with Crippen molar-refractivity contribution in [3.05, 3.63) is 0 Å². The van der Waals surface area contributed by atoms with Gasteiger partial charge in [0, 0.05) is 6.61 Å². The minimum Gasteiger partial charge on any atom is -0.427 e. The molecule has 0 N–H and O–H groups in total. The van der Waals surface area contributed by atoms with Crippen molar-refractivity contribution in [1.29, 1.82) is 0 Å². The maximum absolute atomic E-state index is 5.33. The fourth-order valence-corrected chi connectivity index (χ4v) is 2.34. The van der Waals surface area contributed by atoms with Crippen LogP contribution in [0.5, 0.6) is 0 Å². The molecular formula is C11H26OSi. The third-order valence-electron chi connectivity index (χ3n) is 2.32. The highest BCUT2D eigenvalue weighted by molar-refractivity contribution is 5.97. The molecule has 0 radical (unpaired) electrons. The van der Waals surface area contributed by atoms with Gasteiger partial charge in [0.1, 0.15) is 10.5 Å². The van der Waals surface area contributed by atoms with E-state index in [2.05, 4.69) is 34.6 Å². The second kappa shape index (κ2) is 5.16. The van der Waals surface area contributed by atoms with E-state index >= 15 is 0 Å². The van der Waals surface area contributed by atoms with Crippen LogP contribution in [0.1, 0.15) is 53.9 Å². The summed E-state index contributed by atoms with van der Waals surface area (Å²) in [7, 11) is 0.870. The van der Waals surface area contributed by atoms with E-state index in [-0.39, 0.29) is 0 Å². The summed E-state index contributed by atoms with van der Waals surface area (Å²) in [5.41, 5.74) is 0.866. The SMILES string of the molecule is CC(C)(C)CCCC(C)(C)CO[SiH3]. The first kappa shape index (κ1) is 13.2. The topological polar surface area (TPSA) is 9.23 Å². The van der Waals surface area contributed by atoms with Crippen molar-refractivity contribution in [3.8, 4) is 0 Å². The molecule has 13 heavy (non-hydrogen) atoms. The van der Waals surface area contributed by atoms with Crippen LogP contribution in [-0.4, -0.2) is 17.1 Å². The van der Waals surface area contributed by atoms with Crippen molar-refractivity contribution in [3.63, 3.8) is 0 Å². The summed E-state index contributed by atoms with van der Waals surface area (Å²) < 4.78 is 5.33. The van der Waals surface area contributed by atoms with E-state index in [0.717, 1.165) is 17.1 Å². The van der Waals surface area contributed by atoms with Crippen molar-refractivity contribution < 1.29 is 4.43 Å². The van der Waals surface area contributed by atoms with E-state index in [1.165, 1.54) is 19.3 Å². The number of hydrogen-bond acceptors (Lipinski definition) is 1. The van der Waals surface area contributed by atoms with Crippen molar-refractivity contribution in [1.82, 2.24) is 0 Å². The molecule has 0 bridgehead atoms. The fraction of sp³-hybridized carbons (Fsp3) is 1.00. The van der Waals surface area contributed by atoms with Gasteiger partial charge in [-0.2, -0.15) is 0 Å². The van der Waals surface area contributed by atoms with E-state index in [0.29, 0.717) is 10.8 Å². The summed E-state index contributed by atoms with van der Waals surface area (Å²) >= 11 is 0. The molecule has 0 aliphatic rings. The van der Waals surface area contributed by atoms with Gasteiger partial charge in [-0.3, -0.25) is 0 Å². The van der Waals surface area contributed by atoms with E-state index in [4.69, 9.17) is 4.43 Å². The molecule has 0 heterocycles. The molecule has 0 spiro atoms. The van der Waals surface area contributed by atoms with Crippen LogP contribution in [0.25, 0.3) is 0 Å². The van der Waals surface area contributed by atoms with Crippen molar-refractivity contribution in [2.24, 2.45) is 10.8 Å². The Balaban J connectivity index is 3.63. The number of rotatable bonds is 5. The molecule has 0 amide bonds. The third-order valence-corrected chi connectivity index (χ3v) is 2.60. The Morgan fingerprint density at radius 1 is 1.00 bits per heavy atom. The van der Waals surface area contributed by atoms with Crippen LogP contribution < -0.4 is 0 Å². The Labute approximate surface area is 86.8 Å². The summed E-state index contributed by atoms with van der Waals surface area (Å²) in [6, 6.07) is 0. The lowest BCUT2D eigenvalue weighted by molar-refractivity contribution is 0.171. The van der Waals surface area contributed by atoms with Gasteiger partial charge in [-0.15, -0.1) is 0 Å².